The molecule has 0 aliphatic rings. The van der Waals surface area contributed by atoms with Crippen LogP contribution in [0.15, 0.2) is 39.8 Å². The fourth-order valence-electron chi connectivity index (χ4n) is 1.27. The second-order valence-electron chi connectivity index (χ2n) is 3.03. The third-order valence-electron chi connectivity index (χ3n) is 2.01. The van der Waals surface area contributed by atoms with E-state index in [4.69, 9.17) is 14.6 Å². The van der Waals surface area contributed by atoms with Crippen LogP contribution in [0, 0.1) is 6.92 Å². The molecule has 1 unspecified atom stereocenters. The van der Waals surface area contributed by atoms with E-state index in [1.165, 1.54) is 0 Å². The molecule has 2 aromatic heterocycles. The molecule has 0 fully saturated rings. The van der Waals surface area contributed by atoms with Crippen molar-refractivity contribution in [1.29, 1.82) is 0 Å². The molecule has 3 heteroatoms. The molecule has 0 spiro atoms. The van der Waals surface area contributed by atoms with Crippen LogP contribution in [0.5, 0.6) is 0 Å². The van der Waals surface area contributed by atoms with Gasteiger partial charge in [0.1, 0.15) is 5.76 Å². The van der Waals surface area contributed by atoms with Crippen LogP contribution < -0.4 is 5.73 Å². The Morgan fingerprint density at radius 1 is 1.31 bits per heavy atom. The summed E-state index contributed by atoms with van der Waals surface area (Å²) in [4.78, 5) is 0. The molecule has 0 aromatic carbocycles. The number of hydrogen-bond donors (Lipinski definition) is 1. The quantitative estimate of drug-likeness (QED) is 0.765. The maximum Gasteiger partial charge on any atom is 0.101 e. The van der Waals surface area contributed by atoms with E-state index in [2.05, 4.69) is 0 Å². The van der Waals surface area contributed by atoms with Crippen molar-refractivity contribution in [3.05, 3.63) is 47.8 Å². The van der Waals surface area contributed by atoms with Crippen molar-refractivity contribution in [2.75, 3.05) is 0 Å². The normalized spacial score (nSPS) is 13.1. The number of rotatable bonds is 2. The molecule has 0 aliphatic carbocycles. The van der Waals surface area contributed by atoms with Gasteiger partial charge in [0.15, 0.2) is 0 Å². The van der Waals surface area contributed by atoms with E-state index in [1.54, 1.807) is 18.8 Å². The van der Waals surface area contributed by atoms with Crippen molar-refractivity contribution in [2.45, 2.75) is 13.0 Å². The minimum atomic E-state index is -0.156. The highest BCUT2D eigenvalue weighted by Gasteiger charge is 2.11. The minimum absolute atomic E-state index is 0.156. The number of aryl methyl sites for hydroxylation is 1. The summed E-state index contributed by atoms with van der Waals surface area (Å²) in [6.45, 7) is 1.89. The van der Waals surface area contributed by atoms with Crippen molar-refractivity contribution in [2.24, 2.45) is 5.73 Å². The largest absolute Gasteiger partial charge is 0.472 e. The second-order valence-corrected chi connectivity index (χ2v) is 3.03. The lowest BCUT2D eigenvalue weighted by Gasteiger charge is -2.04. The summed E-state index contributed by atoms with van der Waals surface area (Å²) < 4.78 is 10.1. The predicted octanol–water partition coefficient (Wildman–Crippen LogP) is 2.23. The number of hydrogen-bond acceptors (Lipinski definition) is 3. The standard InChI is InChI=1S/C10H11NO2/c1-7-4-9(6-13-7)10(11)8-2-3-12-5-8/h2-6,10H,11H2,1H3. The summed E-state index contributed by atoms with van der Waals surface area (Å²) in [5.74, 6) is 0.869. The first kappa shape index (κ1) is 8.13. The SMILES string of the molecule is Cc1cc(C(N)c2ccoc2)co1. The van der Waals surface area contributed by atoms with E-state index >= 15 is 0 Å². The molecule has 0 saturated heterocycles. The van der Waals surface area contributed by atoms with Crippen LogP contribution in [0.1, 0.15) is 22.9 Å². The Morgan fingerprint density at radius 2 is 2.15 bits per heavy atom. The summed E-state index contributed by atoms with van der Waals surface area (Å²) in [5, 5.41) is 0. The highest BCUT2D eigenvalue weighted by Crippen LogP contribution is 2.21. The van der Waals surface area contributed by atoms with Gasteiger partial charge in [-0.25, -0.2) is 0 Å². The van der Waals surface area contributed by atoms with Gasteiger partial charge in [-0.1, -0.05) is 0 Å². The Bertz CT molecular complexity index is 375. The maximum atomic E-state index is 5.95. The fourth-order valence-corrected chi connectivity index (χ4v) is 1.27. The Hall–Kier alpha value is -1.48. The van der Waals surface area contributed by atoms with Crippen molar-refractivity contribution >= 4 is 0 Å². The van der Waals surface area contributed by atoms with Crippen molar-refractivity contribution in [1.82, 2.24) is 0 Å². The Balaban J connectivity index is 2.28. The lowest BCUT2D eigenvalue weighted by Crippen LogP contribution is -2.09. The van der Waals surface area contributed by atoms with Crippen LogP contribution >= 0.6 is 0 Å². The molecule has 0 saturated carbocycles. The maximum absolute atomic E-state index is 5.95. The first-order chi connectivity index (χ1) is 6.27. The molecule has 2 aromatic rings. The first-order valence-electron chi connectivity index (χ1n) is 4.10. The van der Waals surface area contributed by atoms with Gasteiger partial charge < -0.3 is 14.6 Å². The average molecular weight is 177 g/mol. The molecule has 0 radical (unpaired) electrons. The van der Waals surface area contributed by atoms with Crippen LogP contribution in [0.4, 0.5) is 0 Å². The van der Waals surface area contributed by atoms with Gasteiger partial charge in [-0.05, 0) is 19.1 Å². The molecule has 0 bridgehead atoms. The van der Waals surface area contributed by atoms with E-state index in [-0.39, 0.29) is 6.04 Å². The van der Waals surface area contributed by atoms with E-state index in [1.807, 2.05) is 19.1 Å². The molecule has 2 N–H and O–H groups in total. The van der Waals surface area contributed by atoms with E-state index in [0.29, 0.717) is 0 Å². The van der Waals surface area contributed by atoms with Crippen molar-refractivity contribution < 1.29 is 8.83 Å². The molecule has 68 valence electrons. The van der Waals surface area contributed by atoms with Crippen LogP contribution in [-0.4, -0.2) is 0 Å². The van der Waals surface area contributed by atoms with Gasteiger partial charge in [0.05, 0.1) is 24.8 Å². The highest BCUT2D eigenvalue weighted by atomic mass is 16.3. The van der Waals surface area contributed by atoms with Gasteiger partial charge in [0, 0.05) is 11.1 Å². The van der Waals surface area contributed by atoms with Gasteiger partial charge in [-0.15, -0.1) is 0 Å². The Kier molecular flexibility index (Phi) is 1.94. The van der Waals surface area contributed by atoms with Gasteiger partial charge in [-0.2, -0.15) is 0 Å². The number of nitrogens with two attached hydrogens (primary N) is 1. The van der Waals surface area contributed by atoms with Gasteiger partial charge in [0.2, 0.25) is 0 Å². The number of furan rings is 2. The van der Waals surface area contributed by atoms with Crippen LogP contribution in [-0.2, 0) is 0 Å². The topological polar surface area (TPSA) is 52.3 Å². The summed E-state index contributed by atoms with van der Waals surface area (Å²) in [5.41, 5.74) is 7.88. The van der Waals surface area contributed by atoms with Gasteiger partial charge in [0.25, 0.3) is 0 Å². The lowest BCUT2D eigenvalue weighted by atomic mass is 10.1. The molecular formula is C10H11NO2. The Morgan fingerprint density at radius 3 is 2.69 bits per heavy atom. The molecular weight excluding hydrogens is 166 g/mol. The lowest BCUT2D eigenvalue weighted by molar-refractivity contribution is 0.530. The van der Waals surface area contributed by atoms with E-state index in [0.717, 1.165) is 16.9 Å². The van der Waals surface area contributed by atoms with Crippen LogP contribution in [0.2, 0.25) is 0 Å². The third kappa shape index (κ3) is 1.51. The van der Waals surface area contributed by atoms with Crippen LogP contribution in [0.3, 0.4) is 0 Å². The van der Waals surface area contributed by atoms with E-state index < -0.39 is 0 Å². The summed E-state index contributed by atoms with van der Waals surface area (Å²) >= 11 is 0. The molecule has 1 atom stereocenters. The zero-order valence-corrected chi connectivity index (χ0v) is 7.36. The summed E-state index contributed by atoms with van der Waals surface area (Å²) in [7, 11) is 0. The Labute approximate surface area is 76.1 Å². The van der Waals surface area contributed by atoms with Crippen LogP contribution in [0.25, 0.3) is 0 Å². The highest BCUT2D eigenvalue weighted by molar-refractivity contribution is 5.27. The summed E-state index contributed by atoms with van der Waals surface area (Å²) in [6, 6.07) is 3.63. The van der Waals surface area contributed by atoms with Crippen molar-refractivity contribution in [3.8, 4) is 0 Å². The van der Waals surface area contributed by atoms with Gasteiger partial charge >= 0.3 is 0 Å². The molecule has 2 rings (SSSR count). The second kappa shape index (κ2) is 3.11. The summed E-state index contributed by atoms with van der Waals surface area (Å²) in [6.07, 6.45) is 4.93. The predicted molar refractivity (Wildman–Crippen MR) is 48.2 cm³/mol. The first-order valence-corrected chi connectivity index (χ1v) is 4.10. The molecule has 0 aliphatic heterocycles. The molecule has 2 heterocycles. The smallest absolute Gasteiger partial charge is 0.101 e. The van der Waals surface area contributed by atoms with Gasteiger partial charge in [-0.3, -0.25) is 0 Å². The molecule has 3 nitrogen and oxygen atoms in total. The third-order valence-corrected chi connectivity index (χ3v) is 2.01. The fraction of sp³-hybridized carbons (Fsp3) is 0.200. The zero-order valence-electron chi connectivity index (χ0n) is 7.36. The van der Waals surface area contributed by atoms with E-state index in [9.17, 15) is 0 Å². The van der Waals surface area contributed by atoms with Crippen molar-refractivity contribution in [3.63, 3.8) is 0 Å². The average Bonchev–Trinajstić information content (AvgIpc) is 2.72. The molecule has 0 amide bonds. The molecule has 13 heavy (non-hydrogen) atoms. The minimum Gasteiger partial charge on any atom is -0.472 e. The monoisotopic (exact) mass is 177 g/mol. The zero-order chi connectivity index (χ0) is 9.26.